The van der Waals surface area contributed by atoms with Crippen LogP contribution in [-0.2, 0) is 26.5 Å². The van der Waals surface area contributed by atoms with E-state index < -0.39 is 5.97 Å². The molecule has 0 aromatic rings. The van der Waals surface area contributed by atoms with Crippen LogP contribution < -0.4 is 29.9 Å². The molecule has 5 heteroatoms. The van der Waals surface area contributed by atoms with Gasteiger partial charge < -0.3 is 34.7 Å². The molecule has 0 amide bonds. The Morgan fingerprint density at radius 1 is 1.50 bits per heavy atom. The SMILES string of the molecule is C=[C]C(=O)[O-].[Cl-].[Cl-].[Ti+3]. The molecule has 0 saturated heterocycles. The van der Waals surface area contributed by atoms with Crippen molar-refractivity contribution in [2.45, 2.75) is 0 Å². The minimum absolute atomic E-state index is 0. The first-order valence-electron chi connectivity index (χ1n) is 1.01. The molecule has 0 aliphatic rings. The van der Waals surface area contributed by atoms with Crippen LogP contribution in [0.3, 0.4) is 0 Å². The molecule has 0 fully saturated rings. The van der Waals surface area contributed by atoms with Gasteiger partial charge in [-0.05, 0) is 6.08 Å². The quantitative estimate of drug-likeness (QED) is 0.303. The van der Waals surface area contributed by atoms with Crippen LogP contribution in [-0.4, -0.2) is 5.97 Å². The average Bonchev–Trinajstić information content (AvgIpc) is 1.38. The van der Waals surface area contributed by atoms with Crippen molar-refractivity contribution < 1.29 is 56.4 Å². The molecule has 0 aliphatic carbocycles. The van der Waals surface area contributed by atoms with E-state index in [1.807, 2.05) is 0 Å². The second-order valence-electron chi connectivity index (χ2n) is 0.464. The van der Waals surface area contributed by atoms with Gasteiger partial charge in [-0.15, -0.1) is 0 Å². The van der Waals surface area contributed by atoms with Crippen molar-refractivity contribution in [1.29, 1.82) is 0 Å². The van der Waals surface area contributed by atoms with Gasteiger partial charge in [-0.3, -0.25) is 0 Å². The Morgan fingerprint density at radius 3 is 1.62 bits per heavy atom. The summed E-state index contributed by atoms with van der Waals surface area (Å²) in [5.41, 5.74) is 0. The van der Waals surface area contributed by atoms with Crippen molar-refractivity contribution in [1.82, 2.24) is 0 Å². The molecule has 0 aromatic heterocycles. The van der Waals surface area contributed by atoms with E-state index >= 15 is 0 Å². The number of rotatable bonds is 1. The molecule has 0 bridgehead atoms. The molecule has 2 nitrogen and oxygen atoms in total. The number of carbonyl (C=O) groups is 1. The van der Waals surface area contributed by atoms with Crippen molar-refractivity contribution in [2.75, 3.05) is 0 Å². The zero-order chi connectivity index (χ0) is 4.28. The molecular weight excluding hydrogens is 187 g/mol. The molecule has 0 spiro atoms. The molecule has 44 valence electrons. The maximum atomic E-state index is 9.08. The fourth-order valence-electron chi connectivity index (χ4n) is 0. The van der Waals surface area contributed by atoms with Gasteiger partial charge in [0.05, 0.1) is 5.97 Å². The maximum Gasteiger partial charge on any atom is 3.00 e. The van der Waals surface area contributed by atoms with E-state index in [1.54, 1.807) is 6.08 Å². The zero-order valence-electron chi connectivity index (χ0n) is 3.78. The zero-order valence-corrected chi connectivity index (χ0v) is 6.85. The van der Waals surface area contributed by atoms with E-state index in [9.17, 15) is 0 Å². The predicted molar refractivity (Wildman–Crippen MR) is 13.9 cm³/mol. The monoisotopic (exact) mass is 188 g/mol. The Hall–Kier alpha value is 0.504. The molecule has 0 N–H and O–H groups in total. The van der Waals surface area contributed by atoms with Crippen molar-refractivity contribution in [2.24, 2.45) is 0 Å². The molecule has 0 heterocycles. The molecule has 0 atom stereocenters. The van der Waals surface area contributed by atoms with Crippen molar-refractivity contribution in [3.63, 3.8) is 0 Å². The molecule has 0 unspecified atom stereocenters. The Balaban J connectivity index is -0.0000000267. The molecule has 2 radical (unpaired) electrons. The van der Waals surface area contributed by atoms with Crippen LogP contribution >= 0.6 is 0 Å². The van der Waals surface area contributed by atoms with E-state index in [0.717, 1.165) is 0 Å². The predicted octanol–water partition coefficient (Wildman–Crippen LogP) is -7.27. The van der Waals surface area contributed by atoms with Gasteiger partial charge in [0, 0.05) is 0 Å². The van der Waals surface area contributed by atoms with Gasteiger partial charge in [0.2, 0.25) is 0 Å². The van der Waals surface area contributed by atoms with Crippen LogP contribution in [0.15, 0.2) is 6.58 Å². The normalized spacial score (nSPS) is 4.00. The number of hydrogen-bond donors (Lipinski definition) is 0. The molecule has 0 saturated carbocycles. The van der Waals surface area contributed by atoms with E-state index in [-0.39, 0.29) is 46.5 Å². The van der Waals surface area contributed by atoms with Crippen molar-refractivity contribution in [3.05, 3.63) is 12.7 Å². The number of hydrogen-bond acceptors (Lipinski definition) is 2. The van der Waals surface area contributed by atoms with E-state index in [1.165, 1.54) is 0 Å². The van der Waals surface area contributed by atoms with Crippen molar-refractivity contribution >= 4 is 5.97 Å². The number of carboxylic acid groups (broad SMARTS) is 1. The third kappa shape index (κ3) is 31.4. The van der Waals surface area contributed by atoms with Crippen LogP contribution in [0.1, 0.15) is 0 Å². The van der Waals surface area contributed by atoms with Gasteiger partial charge in [-0.1, -0.05) is 6.58 Å². The standard InChI is InChI=1S/C3H3O2.2ClH.Ti/c1-2-3(4)5;;;/h1H2,(H,4,5);2*1H;/q;;;+3/p-3. The fourth-order valence-corrected chi connectivity index (χ4v) is 0. The van der Waals surface area contributed by atoms with Crippen LogP contribution in [0, 0.1) is 6.08 Å². The molecule has 0 aliphatic heterocycles. The van der Waals surface area contributed by atoms with E-state index in [0.29, 0.717) is 0 Å². The maximum absolute atomic E-state index is 9.08. The van der Waals surface area contributed by atoms with Crippen LogP contribution in [0.5, 0.6) is 0 Å². The summed E-state index contributed by atoms with van der Waals surface area (Å²) >= 11 is 0. The van der Waals surface area contributed by atoms with Gasteiger partial charge in [0.1, 0.15) is 0 Å². The summed E-state index contributed by atoms with van der Waals surface area (Å²) in [7, 11) is 0. The Kier molecular flexibility index (Phi) is 46.2. The minimum Gasteiger partial charge on any atom is -1.00 e. The third-order valence-electron chi connectivity index (χ3n) is 0.144. The van der Waals surface area contributed by atoms with E-state index in [2.05, 4.69) is 6.58 Å². The van der Waals surface area contributed by atoms with E-state index in [4.69, 9.17) is 9.90 Å². The van der Waals surface area contributed by atoms with Crippen molar-refractivity contribution in [3.8, 4) is 0 Å². The smallest absolute Gasteiger partial charge is 1.00 e. The first-order chi connectivity index (χ1) is 2.27. The summed E-state index contributed by atoms with van der Waals surface area (Å²) in [4.78, 5) is 9.08. The molecule has 8 heavy (non-hydrogen) atoms. The van der Waals surface area contributed by atoms with Crippen LogP contribution in [0.25, 0.3) is 0 Å². The fraction of sp³-hybridized carbons (Fsp3) is 0. The summed E-state index contributed by atoms with van der Waals surface area (Å²) in [5.74, 6) is -1.36. The van der Waals surface area contributed by atoms with Gasteiger partial charge in [-0.25, -0.2) is 0 Å². The largest absolute Gasteiger partial charge is 3.00 e. The second kappa shape index (κ2) is 15.6. The Labute approximate surface area is 75.0 Å². The molecular formula is C3H2Cl2O2Ti. The summed E-state index contributed by atoms with van der Waals surface area (Å²) in [6, 6.07) is 0. The van der Waals surface area contributed by atoms with Gasteiger partial charge >= 0.3 is 21.7 Å². The molecule has 0 aromatic carbocycles. The minimum atomic E-state index is -1.36. The first kappa shape index (κ1) is 23.6. The summed E-state index contributed by atoms with van der Waals surface area (Å²) in [5, 5.41) is 9.08. The Morgan fingerprint density at radius 2 is 1.62 bits per heavy atom. The number of halogens is 2. The second-order valence-corrected chi connectivity index (χ2v) is 0.464. The van der Waals surface area contributed by atoms with Gasteiger partial charge in [0.15, 0.2) is 0 Å². The first-order valence-corrected chi connectivity index (χ1v) is 1.01. The summed E-state index contributed by atoms with van der Waals surface area (Å²) in [6.45, 7) is 2.77. The Bertz CT molecular complexity index is 66.3. The van der Waals surface area contributed by atoms with Gasteiger partial charge in [0.25, 0.3) is 0 Å². The topological polar surface area (TPSA) is 40.1 Å². The summed E-state index contributed by atoms with van der Waals surface area (Å²) in [6.07, 6.45) is 1.58. The number of carbonyl (C=O) groups excluding carboxylic acids is 1. The van der Waals surface area contributed by atoms with Gasteiger partial charge in [-0.2, -0.15) is 0 Å². The third-order valence-corrected chi connectivity index (χ3v) is 0.144. The number of aliphatic carboxylic acids is 1. The number of carboxylic acids is 1. The summed E-state index contributed by atoms with van der Waals surface area (Å²) < 4.78 is 0. The average molecular weight is 189 g/mol. The van der Waals surface area contributed by atoms with Crippen LogP contribution in [0.2, 0.25) is 0 Å². The van der Waals surface area contributed by atoms with Crippen LogP contribution in [0.4, 0.5) is 0 Å². The molecule has 0 rings (SSSR count).